The number of hydrogen-bond donors (Lipinski definition) is 1. The van der Waals surface area contributed by atoms with Gasteiger partial charge in [0.05, 0.1) is 6.10 Å². The molecule has 0 aromatic heterocycles. The molecule has 0 aromatic carbocycles. The number of allylic oxidation sites excluding steroid dienone is 2. The van der Waals surface area contributed by atoms with Gasteiger partial charge in [-0.3, -0.25) is 0 Å². The fourth-order valence-corrected chi connectivity index (χ4v) is 7.71. The fourth-order valence-electron chi connectivity index (χ4n) is 7.71. The van der Waals surface area contributed by atoms with Crippen molar-refractivity contribution in [2.75, 3.05) is 0 Å². The molecule has 0 spiro atoms. The predicted octanol–water partition coefficient (Wildman–Crippen LogP) is 5.75. The van der Waals surface area contributed by atoms with Crippen LogP contribution in [0.5, 0.6) is 0 Å². The van der Waals surface area contributed by atoms with Gasteiger partial charge in [-0.15, -0.1) is 6.58 Å². The summed E-state index contributed by atoms with van der Waals surface area (Å²) in [5, 5.41) is 10.1. The van der Waals surface area contributed by atoms with Crippen LogP contribution in [0.15, 0.2) is 24.3 Å². The van der Waals surface area contributed by atoms with Gasteiger partial charge >= 0.3 is 0 Å². The normalized spacial score (nSPS) is 51.8. The number of rotatable bonds is 2. The minimum absolute atomic E-state index is 0.0842. The Balaban J connectivity index is 1.64. The molecule has 0 aliphatic heterocycles. The average molecular weight is 329 g/mol. The molecule has 24 heavy (non-hydrogen) atoms. The van der Waals surface area contributed by atoms with Gasteiger partial charge in [0.1, 0.15) is 0 Å². The third kappa shape index (κ3) is 2.23. The minimum Gasteiger partial charge on any atom is -0.393 e. The maximum absolute atomic E-state index is 10.1. The van der Waals surface area contributed by atoms with Crippen molar-refractivity contribution in [3.8, 4) is 0 Å². The molecule has 8 atom stereocenters. The lowest BCUT2D eigenvalue weighted by Gasteiger charge is -2.58. The van der Waals surface area contributed by atoms with Crippen molar-refractivity contribution >= 4 is 0 Å². The molecule has 3 saturated carbocycles. The summed E-state index contributed by atoms with van der Waals surface area (Å²) in [7, 11) is 0. The minimum atomic E-state index is -0.0842. The van der Waals surface area contributed by atoms with Gasteiger partial charge < -0.3 is 5.11 Å². The van der Waals surface area contributed by atoms with E-state index in [1.54, 1.807) is 5.57 Å². The fraction of sp³-hybridized carbons (Fsp3) is 0.826. The first-order chi connectivity index (χ1) is 11.4. The Bertz CT molecular complexity index is 548. The van der Waals surface area contributed by atoms with Crippen molar-refractivity contribution in [3.05, 3.63) is 24.3 Å². The van der Waals surface area contributed by atoms with E-state index in [1.165, 1.54) is 38.5 Å². The van der Waals surface area contributed by atoms with Gasteiger partial charge in [0.15, 0.2) is 0 Å². The second-order valence-corrected chi connectivity index (χ2v) is 9.98. The van der Waals surface area contributed by atoms with Crippen LogP contribution >= 0.6 is 0 Å². The summed E-state index contributed by atoms with van der Waals surface area (Å²) in [6.45, 7) is 11.6. The van der Waals surface area contributed by atoms with E-state index in [4.69, 9.17) is 0 Å². The molecule has 1 nitrogen and oxygen atoms in total. The van der Waals surface area contributed by atoms with Crippen LogP contribution in [0.3, 0.4) is 0 Å². The number of hydrogen-bond acceptors (Lipinski definition) is 1. The highest BCUT2D eigenvalue weighted by molar-refractivity contribution is 5.25. The Morgan fingerprint density at radius 2 is 1.96 bits per heavy atom. The molecule has 4 aliphatic carbocycles. The van der Waals surface area contributed by atoms with E-state index in [-0.39, 0.29) is 6.10 Å². The summed E-state index contributed by atoms with van der Waals surface area (Å²) in [6, 6.07) is 0. The molecule has 7 unspecified atom stereocenters. The van der Waals surface area contributed by atoms with E-state index in [1.807, 2.05) is 0 Å². The van der Waals surface area contributed by atoms with Crippen molar-refractivity contribution in [1.82, 2.24) is 0 Å². The molecule has 0 saturated heterocycles. The van der Waals surface area contributed by atoms with Gasteiger partial charge in [-0.2, -0.15) is 0 Å². The molecule has 4 aliphatic rings. The first-order valence-corrected chi connectivity index (χ1v) is 10.4. The lowest BCUT2D eigenvalue weighted by atomic mass is 9.47. The van der Waals surface area contributed by atoms with E-state index < -0.39 is 0 Å². The Morgan fingerprint density at radius 3 is 2.71 bits per heavy atom. The van der Waals surface area contributed by atoms with Crippen LogP contribution in [0, 0.1) is 40.4 Å². The van der Waals surface area contributed by atoms with Gasteiger partial charge in [0.2, 0.25) is 0 Å². The summed E-state index contributed by atoms with van der Waals surface area (Å²) >= 11 is 0. The Hall–Kier alpha value is -0.560. The zero-order chi connectivity index (χ0) is 17.1. The number of aliphatic hydroxyl groups is 1. The molecular formula is C23H36O. The van der Waals surface area contributed by atoms with E-state index in [9.17, 15) is 5.11 Å². The van der Waals surface area contributed by atoms with Crippen LogP contribution < -0.4 is 0 Å². The lowest BCUT2D eigenvalue weighted by molar-refractivity contribution is -0.0540. The van der Waals surface area contributed by atoms with Crippen molar-refractivity contribution < 1.29 is 5.11 Å². The predicted molar refractivity (Wildman–Crippen MR) is 101 cm³/mol. The van der Waals surface area contributed by atoms with Crippen molar-refractivity contribution in [2.24, 2.45) is 40.4 Å². The average Bonchev–Trinajstić information content (AvgIpc) is 2.92. The molecule has 0 amide bonds. The summed E-state index contributed by atoms with van der Waals surface area (Å²) in [5.41, 5.74) is 2.51. The SMILES string of the molecule is C=C[C@@H](C)C1CCC2C3CC=C4CC(O)CCC4(C)C3CCC21C. The second kappa shape index (κ2) is 5.73. The Morgan fingerprint density at radius 1 is 1.17 bits per heavy atom. The summed E-state index contributed by atoms with van der Waals surface area (Å²) < 4.78 is 0. The topological polar surface area (TPSA) is 20.2 Å². The summed E-state index contributed by atoms with van der Waals surface area (Å²) in [4.78, 5) is 0. The van der Waals surface area contributed by atoms with Gasteiger partial charge in [0.25, 0.3) is 0 Å². The molecule has 1 heteroatoms. The maximum atomic E-state index is 10.1. The third-order valence-electron chi connectivity index (χ3n) is 9.16. The van der Waals surface area contributed by atoms with E-state index in [2.05, 4.69) is 39.5 Å². The zero-order valence-electron chi connectivity index (χ0n) is 15.9. The molecule has 1 N–H and O–H groups in total. The Kier molecular flexibility index (Phi) is 4.03. The van der Waals surface area contributed by atoms with Gasteiger partial charge in [-0.1, -0.05) is 38.5 Å². The van der Waals surface area contributed by atoms with Crippen LogP contribution in [0.25, 0.3) is 0 Å². The van der Waals surface area contributed by atoms with Gasteiger partial charge in [-0.05, 0) is 91.8 Å². The molecule has 0 heterocycles. The number of aliphatic hydroxyl groups excluding tert-OH is 1. The van der Waals surface area contributed by atoms with Crippen molar-refractivity contribution in [2.45, 2.75) is 78.2 Å². The largest absolute Gasteiger partial charge is 0.393 e. The maximum Gasteiger partial charge on any atom is 0.0577 e. The highest BCUT2D eigenvalue weighted by Gasteiger charge is 2.58. The Labute approximate surface area is 148 Å². The second-order valence-electron chi connectivity index (χ2n) is 9.98. The first kappa shape index (κ1) is 16.9. The molecule has 3 fully saturated rings. The molecule has 0 bridgehead atoms. The summed E-state index contributed by atoms with van der Waals surface area (Å²) in [5.74, 6) is 4.15. The first-order valence-electron chi connectivity index (χ1n) is 10.4. The molecule has 134 valence electrons. The van der Waals surface area contributed by atoms with Crippen LogP contribution in [-0.4, -0.2) is 11.2 Å². The summed E-state index contributed by atoms with van der Waals surface area (Å²) in [6.07, 6.45) is 14.8. The third-order valence-corrected chi connectivity index (χ3v) is 9.16. The monoisotopic (exact) mass is 328 g/mol. The van der Waals surface area contributed by atoms with E-state index in [0.717, 1.165) is 36.5 Å². The highest BCUT2D eigenvalue weighted by atomic mass is 16.3. The van der Waals surface area contributed by atoms with Crippen LogP contribution in [-0.2, 0) is 0 Å². The number of fused-ring (bicyclic) bond motifs is 5. The standard InChI is InChI=1S/C23H36O/c1-5-15(2)19-8-9-20-18-7-6-16-14-17(24)10-12-22(16,3)21(18)11-13-23(19,20)4/h5-6,15,17-21,24H,1,7-14H2,2-4H3/t15-,17?,18?,19?,20?,21?,22?,23?/m1/s1. The smallest absolute Gasteiger partial charge is 0.0577 e. The van der Waals surface area contributed by atoms with Crippen LogP contribution in [0.1, 0.15) is 72.1 Å². The molecule has 0 radical (unpaired) electrons. The van der Waals surface area contributed by atoms with Crippen molar-refractivity contribution in [1.29, 1.82) is 0 Å². The van der Waals surface area contributed by atoms with E-state index in [0.29, 0.717) is 16.7 Å². The van der Waals surface area contributed by atoms with Crippen molar-refractivity contribution in [3.63, 3.8) is 0 Å². The molecule has 0 aromatic rings. The van der Waals surface area contributed by atoms with Crippen LogP contribution in [0.2, 0.25) is 0 Å². The van der Waals surface area contributed by atoms with E-state index >= 15 is 0 Å². The molecule has 4 rings (SSSR count). The highest BCUT2D eigenvalue weighted by Crippen LogP contribution is 2.67. The zero-order valence-corrected chi connectivity index (χ0v) is 15.9. The molecular weight excluding hydrogens is 292 g/mol. The quantitative estimate of drug-likeness (QED) is 0.640. The lowest BCUT2D eigenvalue weighted by Crippen LogP contribution is -2.50. The van der Waals surface area contributed by atoms with Gasteiger partial charge in [-0.25, -0.2) is 0 Å². The van der Waals surface area contributed by atoms with Crippen LogP contribution in [0.4, 0.5) is 0 Å². The van der Waals surface area contributed by atoms with Gasteiger partial charge in [0, 0.05) is 0 Å².